The molecule has 0 aliphatic rings. The van der Waals surface area contributed by atoms with Crippen molar-refractivity contribution in [2.75, 3.05) is 5.75 Å². The van der Waals surface area contributed by atoms with Crippen molar-refractivity contribution in [2.45, 2.75) is 19.6 Å². The maximum Gasteiger partial charge on any atom is 0.238 e. The highest BCUT2D eigenvalue weighted by atomic mass is 32.2. The summed E-state index contributed by atoms with van der Waals surface area (Å²) in [6.45, 7) is 1.81. The Morgan fingerprint density at radius 1 is 1.35 bits per heavy atom. The summed E-state index contributed by atoms with van der Waals surface area (Å²) in [5.74, 6) is 0.207. The molecule has 0 spiro atoms. The van der Waals surface area contributed by atoms with Gasteiger partial charge in [0.2, 0.25) is 11.0 Å². The molecule has 4 nitrogen and oxygen atoms in total. The Labute approximate surface area is 104 Å². The van der Waals surface area contributed by atoms with Gasteiger partial charge in [-0.3, -0.25) is 9.59 Å². The number of aliphatic hydroxyl groups excluding tert-OH is 1. The second kappa shape index (κ2) is 7.09. The number of rotatable bonds is 5. The lowest BCUT2D eigenvalue weighted by Crippen LogP contribution is -2.40. The van der Waals surface area contributed by atoms with Crippen LogP contribution in [-0.2, 0) is 16.0 Å². The van der Waals surface area contributed by atoms with Crippen molar-refractivity contribution in [1.82, 2.24) is 5.32 Å². The van der Waals surface area contributed by atoms with Crippen molar-refractivity contribution in [2.24, 2.45) is 0 Å². The summed E-state index contributed by atoms with van der Waals surface area (Å²) in [7, 11) is 0. The second-order valence-corrected chi connectivity index (χ2v) is 4.65. The average Bonchev–Trinajstić information content (AvgIpc) is 2.30. The zero-order chi connectivity index (χ0) is 12.7. The SMILES string of the molecule is CCSC(=O)C(O)NC(=O)Cc1ccccc1. The lowest BCUT2D eigenvalue weighted by Gasteiger charge is -2.10. The zero-order valence-electron chi connectivity index (χ0n) is 9.55. The first kappa shape index (κ1) is 13.7. The van der Waals surface area contributed by atoms with E-state index in [-0.39, 0.29) is 12.3 Å². The monoisotopic (exact) mass is 253 g/mol. The quantitative estimate of drug-likeness (QED) is 0.767. The van der Waals surface area contributed by atoms with Crippen LogP contribution in [0.2, 0.25) is 0 Å². The minimum absolute atomic E-state index is 0.155. The Morgan fingerprint density at radius 3 is 2.59 bits per heavy atom. The largest absolute Gasteiger partial charge is 0.366 e. The van der Waals surface area contributed by atoms with Crippen molar-refractivity contribution >= 4 is 22.8 Å². The van der Waals surface area contributed by atoms with Gasteiger partial charge in [-0.1, -0.05) is 49.0 Å². The number of carbonyl (C=O) groups is 2. The van der Waals surface area contributed by atoms with Crippen LogP contribution < -0.4 is 5.32 Å². The van der Waals surface area contributed by atoms with E-state index in [4.69, 9.17) is 0 Å². The fraction of sp³-hybridized carbons (Fsp3) is 0.333. The van der Waals surface area contributed by atoms with Crippen LogP contribution in [0.3, 0.4) is 0 Å². The van der Waals surface area contributed by atoms with Crippen LogP contribution in [0.5, 0.6) is 0 Å². The number of benzene rings is 1. The van der Waals surface area contributed by atoms with Gasteiger partial charge >= 0.3 is 0 Å². The van der Waals surface area contributed by atoms with Gasteiger partial charge in [-0.15, -0.1) is 0 Å². The van der Waals surface area contributed by atoms with E-state index in [1.807, 2.05) is 30.3 Å². The third-order valence-corrected chi connectivity index (χ3v) is 2.81. The van der Waals surface area contributed by atoms with E-state index >= 15 is 0 Å². The molecule has 0 bridgehead atoms. The van der Waals surface area contributed by atoms with Crippen molar-refractivity contribution in [1.29, 1.82) is 0 Å². The summed E-state index contributed by atoms with van der Waals surface area (Å²) in [4.78, 5) is 22.7. The Balaban J connectivity index is 2.42. The molecule has 2 N–H and O–H groups in total. The number of nitrogens with one attached hydrogen (secondary N) is 1. The topological polar surface area (TPSA) is 66.4 Å². The Hall–Kier alpha value is -1.33. The molecule has 0 radical (unpaired) electrons. The highest BCUT2D eigenvalue weighted by Gasteiger charge is 2.17. The third-order valence-electron chi connectivity index (χ3n) is 2.02. The highest BCUT2D eigenvalue weighted by molar-refractivity contribution is 8.13. The molecule has 1 aromatic carbocycles. The summed E-state index contributed by atoms with van der Waals surface area (Å²) in [5, 5.41) is 11.2. The fourth-order valence-electron chi connectivity index (χ4n) is 1.26. The maximum atomic E-state index is 11.5. The van der Waals surface area contributed by atoms with Crippen molar-refractivity contribution < 1.29 is 14.7 Å². The van der Waals surface area contributed by atoms with E-state index in [1.54, 1.807) is 6.92 Å². The van der Waals surface area contributed by atoms with Gasteiger partial charge in [-0.2, -0.15) is 0 Å². The zero-order valence-corrected chi connectivity index (χ0v) is 10.4. The first-order valence-electron chi connectivity index (χ1n) is 5.31. The summed E-state index contributed by atoms with van der Waals surface area (Å²) in [6.07, 6.45) is -1.27. The second-order valence-electron chi connectivity index (χ2n) is 3.38. The van der Waals surface area contributed by atoms with Crippen LogP contribution in [0.1, 0.15) is 12.5 Å². The Kier molecular flexibility index (Phi) is 5.72. The molecular formula is C12H15NO3S. The van der Waals surface area contributed by atoms with E-state index in [0.717, 1.165) is 17.3 Å². The molecular weight excluding hydrogens is 238 g/mol. The molecule has 0 fully saturated rings. The Bertz CT molecular complexity index is 381. The minimum Gasteiger partial charge on any atom is -0.366 e. The van der Waals surface area contributed by atoms with Gasteiger partial charge in [-0.25, -0.2) is 0 Å². The van der Waals surface area contributed by atoms with Crippen LogP contribution in [0.15, 0.2) is 30.3 Å². The lowest BCUT2D eigenvalue weighted by atomic mass is 10.1. The van der Waals surface area contributed by atoms with Gasteiger partial charge in [0.15, 0.2) is 6.23 Å². The first-order valence-corrected chi connectivity index (χ1v) is 6.30. The van der Waals surface area contributed by atoms with Crippen LogP contribution in [0.25, 0.3) is 0 Å². The van der Waals surface area contributed by atoms with E-state index < -0.39 is 11.3 Å². The minimum atomic E-state index is -1.42. The lowest BCUT2D eigenvalue weighted by molar-refractivity contribution is -0.129. The predicted molar refractivity (Wildman–Crippen MR) is 67.4 cm³/mol. The molecule has 0 saturated carbocycles. The summed E-state index contributed by atoms with van der Waals surface area (Å²) in [5.41, 5.74) is 0.841. The number of amides is 1. The molecule has 1 unspecified atom stereocenters. The standard InChI is InChI=1S/C12H15NO3S/c1-2-17-12(16)11(15)13-10(14)8-9-6-4-3-5-7-9/h3-7,11,15H,2,8H2,1H3,(H,13,14). The molecule has 1 aromatic rings. The van der Waals surface area contributed by atoms with Crippen LogP contribution >= 0.6 is 11.8 Å². The molecule has 17 heavy (non-hydrogen) atoms. The third kappa shape index (κ3) is 5.01. The number of hydrogen-bond donors (Lipinski definition) is 2. The van der Waals surface area contributed by atoms with Crippen LogP contribution in [0.4, 0.5) is 0 Å². The van der Waals surface area contributed by atoms with Gasteiger partial charge < -0.3 is 10.4 Å². The van der Waals surface area contributed by atoms with Crippen LogP contribution in [-0.4, -0.2) is 28.1 Å². The smallest absolute Gasteiger partial charge is 0.238 e. The van der Waals surface area contributed by atoms with Gasteiger partial charge in [0.05, 0.1) is 6.42 Å². The molecule has 0 heterocycles. The molecule has 1 rings (SSSR count). The highest BCUT2D eigenvalue weighted by Crippen LogP contribution is 2.04. The molecule has 5 heteroatoms. The molecule has 0 aliphatic carbocycles. The van der Waals surface area contributed by atoms with Crippen molar-refractivity contribution in [3.05, 3.63) is 35.9 Å². The molecule has 1 amide bonds. The first-order chi connectivity index (χ1) is 8.13. The summed E-state index contributed by atoms with van der Waals surface area (Å²) < 4.78 is 0. The van der Waals surface area contributed by atoms with E-state index in [9.17, 15) is 14.7 Å². The molecule has 0 saturated heterocycles. The fourth-order valence-corrected chi connectivity index (χ4v) is 1.77. The average molecular weight is 253 g/mol. The number of thioether (sulfide) groups is 1. The summed E-state index contributed by atoms with van der Waals surface area (Å²) in [6, 6.07) is 9.15. The number of hydrogen-bond acceptors (Lipinski definition) is 4. The Morgan fingerprint density at radius 2 is 2.00 bits per heavy atom. The molecule has 1 atom stereocenters. The predicted octanol–water partition coefficient (Wildman–Crippen LogP) is 0.943. The molecule has 0 aliphatic heterocycles. The normalized spacial score (nSPS) is 11.9. The van der Waals surface area contributed by atoms with Crippen molar-refractivity contribution in [3.63, 3.8) is 0 Å². The maximum absolute atomic E-state index is 11.5. The van der Waals surface area contributed by atoms with E-state index in [2.05, 4.69) is 5.32 Å². The van der Waals surface area contributed by atoms with Gasteiger partial charge in [0.25, 0.3) is 0 Å². The molecule has 92 valence electrons. The van der Waals surface area contributed by atoms with Crippen LogP contribution in [0, 0.1) is 0 Å². The summed E-state index contributed by atoms with van der Waals surface area (Å²) >= 11 is 0.984. The van der Waals surface area contributed by atoms with Crippen molar-refractivity contribution in [3.8, 4) is 0 Å². The van der Waals surface area contributed by atoms with Gasteiger partial charge in [-0.05, 0) is 11.3 Å². The number of carbonyl (C=O) groups excluding carboxylic acids is 2. The molecule has 0 aromatic heterocycles. The number of aliphatic hydroxyl groups is 1. The van der Waals surface area contributed by atoms with Gasteiger partial charge in [0, 0.05) is 0 Å². The van der Waals surface area contributed by atoms with E-state index in [0.29, 0.717) is 5.75 Å². The van der Waals surface area contributed by atoms with E-state index in [1.165, 1.54) is 0 Å². The van der Waals surface area contributed by atoms with Gasteiger partial charge in [0.1, 0.15) is 0 Å².